The van der Waals surface area contributed by atoms with Gasteiger partial charge in [-0.15, -0.1) is 0 Å². The van der Waals surface area contributed by atoms with E-state index in [1.165, 1.54) is 11.1 Å². The lowest BCUT2D eigenvalue weighted by Crippen LogP contribution is -2.51. The molecule has 0 saturated carbocycles. The maximum atomic E-state index is 10.2. The van der Waals surface area contributed by atoms with Gasteiger partial charge in [0.05, 0.1) is 6.10 Å². The van der Waals surface area contributed by atoms with Crippen LogP contribution >= 0.6 is 0 Å². The SMILES string of the molecule is N[C@@H]1CCN(C(CCc2ccccc2)c2ccccc2)C[C@H]1O. The summed E-state index contributed by atoms with van der Waals surface area (Å²) in [6, 6.07) is 21.5. The largest absolute Gasteiger partial charge is 0.390 e. The molecule has 0 aliphatic carbocycles. The molecular weight excluding hydrogens is 284 g/mol. The maximum Gasteiger partial charge on any atom is 0.0818 e. The average molecular weight is 310 g/mol. The molecule has 3 heteroatoms. The number of aliphatic hydroxyl groups is 1. The van der Waals surface area contributed by atoms with E-state index in [1.807, 2.05) is 0 Å². The first-order valence-corrected chi connectivity index (χ1v) is 8.50. The van der Waals surface area contributed by atoms with Crippen LogP contribution in [0.15, 0.2) is 60.7 Å². The van der Waals surface area contributed by atoms with E-state index in [0.717, 1.165) is 25.8 Å². The van der Waals surface area contributed by atoms with E-state index in [2.05, 4.69) is 65.6 Å². The Morgan fingerprint density at radius 1 is 1.04 bits per heavy atom. The van der Waals surface area contributed by atoms with E-state index >= 15 is 0 Å². The molecule has 1 unspecified atom stereocenters. The van der Waals surface area contributed by atoms with E-state index in [4.69, 9.17) is 5.73 Å². The van der Waals surface area contributed by atoms with Gasteiger partial charge < -0.3 is 10.8 Å². The van der Waals surface area contributed by atoms with Gasteiger partial charge in [0.2, 0.25) is 0 Å². The molecule has 2 aromatic carbocycles. The molecule has 0 radical (unpaired) electrons. The second-order valence-electron chi connectivity index (χ2n) is 6.47. The van der Waals surface area contributed by atoms with Crippen molar-refractivity contribution in [3.8, 4) is 0 Å². The van der Waals surface area contributed by atoms with Gasteiger partial charge in [-0.25, -0.2) is 0 Å². The van der Waals surface area contributed by atoms with Gasteiger partial charge in [0.15, 0.2) is 0 Å². The molecule has 122 valence electrons. The number of nitrogens with zero attached hydrogens (tertiary/aromatic N) is 1. The summed E-state index contributed by atoms with van der Waals surface area (Å²) in [5, 5.41) is 10.2. The zero-order valence-electron chi connectivity index (χ0n) is 13.5. The quantitative estimate of drug-likeness (QED) is 0.893. The Morgan fingerprint density at radius 2 is 1.70 bits per heavy atom. The summed E-state index contributed by atoms with van der Waals surface area (Å²) < 4.78 is 0. The highest BCUT2D eigenvalue weighted by Crippen LogP contribution is 2.28. The zero-order valence-corrected chi connectivity index (χ0v) is 13.5. The van der Waals surface area contributed by atoms with Crippen LogP contribution in [0.1, 0.15) is 30.0 Å². The van der Waals surface area contributed by atoms with E-state index < -0.39 is 6.10 Å². The van der Waals surface area contributed by atoms with Crippen molar-refractivity contribution >= 4 is 0 Å². The summed E-state index contributed by atoms with van der Waals surface area (Å²) in [7, 11) is 0. The van der Waals surface area contributed by atoms with Gasteiger partial charge in [0.1, 0.15) is 0 Å². The molecule has 0 amide bonds. The molecule has 2 aromatic rings. The summed E-state index contributed by atoms with van der Waals surface area (Å²) in [5.41, 5.74) is 8.66. The number of likely N-dealkylation sites (tertiary alicyclic amines) is 1. The van der Waals surface area contributed by atoms with Crippen molar-refractivity contribution in [3.05, 3.63) is 71.8 Å². The third kappa shape index (κ3) is 4.20. The third-order valence-corrected chi connectivity index (χ3v) is 4.84. The fraction of sp³-hybridized carbons (Fsp3) is 0.400. The lowest BCUT2D eigenvalue weighted by molar-refractivity contribution is 0.0292. The van der Waals surface area contributed by atoms with Gasteiger partial charge in [-0.3, -0.25) is 4.90 Å². The van der Waals surface area contributed by atoms with Crippen molar-refractivity contribution in [3.63, 3.8) is 0 Å². The second-order valence-corrected chi connectivity index (χ2v) is 6.47. The van der Waals surface area contributed by atoms with E-state index in [1.54, 1.807) is 0 Å². The van der Waals surface area contributed by atoms with Crippen LogP contribution in [-0.2, 0) is 6.42 Å². The molecule has 3 atom stereocenters. The molecule has 1 heterocycles. The van der Waals surface area contributed by atoms with Crippen LogP contribution < -0.4 is 5.73 Å². The van der Waals surface area contributed by atoms with Crippen LogP contribution in [0.25, 0.3) is 0 Å². The van der Waals surface area contributed by atoms with Crippen LogP contribution in [0, 0.1) is 0 Å². The van der Waals surface area contributed by atoms with Crippen molar-refractivity contribution in [1.29, 1.82) is 0 Å². The zero-order chi connectivity index (χ0) is 16.1. The van der Waals surface area contributed by atoms with Gasteiger partial charge in [-0.2, -0.15) is 0 Å². The van der Waals surface area contributed by atoms with Crippen LogP contribution in [0.2, 0.25) is 0 Å². The normalized spacial score (nSPS) is 23.6. The van der Waals surface area contributed by atoms with Crippen molar-refractivity contribution in [2.24, 2.45) is 5.73 Å². The van der Waals surface area contributed by atoms with Gasteiger partial charge in [-0.1, -0.05) is 60.7 Å². The minimum atomic E-state index is -0.424. The number of nitrogens with two attached hydrogens (primary N) is 1. The van der Waals surface area contributed by atoms with Crippen molar-refractivity contribution in [2.75, 3.05) is 13.1 Å². The Morgan fingerprint density at radius 3 is 2.35 bits per heavy atom. The smallest absolute Gasteiger partial charge is 0.0818 e. The van der Waals surface area contributed by atoms with E-state index in [9.17, 15) is 5.11 Å². The molecule has 0 spiro atoms. The van der Waals surface area contributed by atoms with Crippen molar-refractivity contribution in [2.45, 2.75) is 37.5 Å². The topological polar surface area (TPSA) is 49.5 Å². The predicted octanol–water partition coefficient (Wildman–Crippen LogP) is 2.75. The van der Waals surface area contributed by atoms with Gasteiger partial charge in [-0.05, 0) is 30.4 Å². The first kappa shape index (κ1) is 16.2. The van der Waals surface area contributed by atoms with Crippen LogP contribution in [0.5, 0.6) is 0 Å². The number of β-amino-alcohol motifs (C(OH)–C–C–N with tert-alkyl or cyclic N) is 1. The number of benzene rings is 2. The number of piperidine rings is 1. The minimum Gasteiger partial charge on any atom is -0.390 e. The van der Waals surface area contributed by atoms with Gasteiger partial charge in [0.25, 0.3) is 0 Å². The third-order valence-electron chi connectivity index (χ3n) is 4.84. The molecule has 1 saturated heterocycles. The van der Waals surface area contributed by atoms with Gasteiger partial charge in [0, 0.05) is 25.2 Å². The molecule has 1 aliphatic heterocycles. The molecule has 0 bridgehead atoms. The summed E-state index contributed by atoms with van der Waals surface area (Å²) >= 11 is 0. The lowest BCUT2D eigenvalue weighted by Gasteiger charge is -2.39. The van der Waals surface area contributed by atoms with Crippen molar-refractivity contribution < 1.29 is 5.11 Å². The molecular formula is C20H26N2O. The molecule has 1 fully saturated rings. The Bertz CT molecular complexity index is 587. The summed E-state index contributed by atoms with van der Waals surface area (Å²) in [4.78, 5) is 2.40. The number of rotatable bonds is 5. The summed E-state index contributed by atoms with van der Waals surface area (Å²) in [6.07, 6.45) is 2.52. The minimum absolute atomic E-state index is 0.0863. The molecule has 23 heavy (non-hydrogen) atoms. The Hall–Kier alpha value is -1.68. The maximum absolute atomic E-state index is 10.2. The molecule has 3 rings (SSSR count). The predicted molar refractivity (Wildman–Crippen MR) is 94.1 cm³/mol. The first-order valence-electron chi connectivity index (χ1n) is 8.50. The van der Waals surface area contributed by atoms with Crippen LogP contribution in [0.3, 0.4) is 0 Å². The molecule has 3 nitrogen and oxygen atoms in total. The van der Waals surface area contributed by atoms with Crippen LogP contribution in [-0.4, -0.2) is 35.2 Å². The summed E-state index contributed by atoms with van der Waals surface area (Å²) in [5.74, 6) is 0. The summed E-state index contributed by atoms with van der Waals surface area (Å²) in [6.45, 7) is 1.61. The Balaban J connectivity index is 1.74. The Labute approximate surface area is 138 Å². The van der Waals surface area contributed by atoms with E-state index in [0.29, 0.717) is 12.6 Å². The molecule has 1 aliphatic rings. The number of hydrogen-bond acceptors (Lipinski definition) is 3. The fourth-order valence-corrected chi connectivity index (χ4v) is 3.44. The number of aliphatic hydroxyl groups excluding tert-OH is 1. The highest BCUT2D eigenvalue weighted by molar-refractivity contribution is 5.21. The monoisotopic (exact) mass is 310 g/mol. The number of aryl methyl sites for hydroxylation is 1. The molecule has 0 aromatic heterocycles. The molecule has 3 N–H and O–H groups in total. The fourth-order valence-electron chi connectivity index (χ4n) is 3.44. The standard InChI is InChI=1S/C20H26N2O/c21-18-13-14-22(15-20(18)23)19(17-9-5-2-6-10-17)12-11-16-7-3-1-4-8-16/h1-10,18-20,23H,11-15,21H2/t18-,19?,20-/m1/s1. The highest BCUT2D eigenvalue weighted by Gasteiger charge is 2.29. The second kappa shape index (κ2) is 7.73. The van der Waals surface area contributed by atoms with Crippen LogP contribution in [0.4, 0.5) is 0 Å². The highest BCUT2D eigenvalue weighted by atomic mass is 16.3. The lowest BCUT2D eigenvalue weighted by atomic mass is 9.94. The van der Waals surface area contributed by atoms with Crippen molar-refractivity contribution in [1.82, 2.24) is 4.90 Å². The van der Waals surface area contributed by atoms with Gasteiger partial charge >= 0.3 is 0 Å². The number of hydrogen-bond donors (Lipinski definition) is 2. The Kier molecular flexibility index (Phi) is 5.44. The van der Waals surface area contributed by atoms with E-state index in [-0.39, 0.29) is 6.04 Å². The average Bonchev–Trinajstić information content (AvgIpc) is 2.60. The first-order chi connectivity index (χ1) is 11.2.